The van der Waals surface area contributed by atoms with Gasteiger partial charge in [-0.3, -0.25) is 0 Å². The maximum atomic E-state index is 6.09. The van der Waals surface area contributed by atoms with Crippen LogP contribution in [-0.4, -0.2) is 22.6 Å². The molecular formula is C17H19ClIN5O. The highest BCUT2D eigenvalue weighted by Gasteiger charge is 2.07. The van der Waals surface area contributed by atoms with E-state index < -0.39 is 0 Å². The molecule has 0 radical (unpaired) electrons. The molecule has 0 aliphatic heterocycles. The first-order valence-corrected chi connectivity index (χ1v) is 7.77. The summed E-state index contributed by atoms with van der Waals surface area (Å²) in [4.78, 5) is 8.91. The van der Waals surface area contributed by atoms with Crippen molar-refractivity contribution in [2.75, 3.05) is 12.4 Å². The van der Waals surface area contributed by atoms with Crippen LogP contribution in [0.1, 0.15) is 5.82 Å². The van der Waals surface area contributed by atoms with Crippen molar-refractivity contribution in [3.63, 3.8) is 0 Å². The standard InChI is InChI=1S/C17H18ClN5O.HI/c1-23-14-6-4-3-5-13(14)22-16(23)10-20-17(19)21-11-7-8-15(24-2)12(18)9-11;/h3-9H,10H2,1-2H3,(H3,19,20,21);1H. The van der Waals surface area contributed by atoms with E-state index in [9.17, 15) is 0 Å². The summed E-state index contributed by atoms with van der Waals surface area (Å²) in [5.74, 6) is 1.74. The molecule has 0 aliphatic rings. The third kappa shape index (κ3) is 4.35. The van der Waals surface area contributed by atoms with Gasteiger partial charge in [-0.1, -0.05) is 23.7 Å². The third-order valence-electron chi connectivity index (χ3n) is 3.69. The van der Waals surface area contributed by atoms with E-state index >= 15 is 0 Å². The molecule has 6 nitrogen and oxygen atoms in total. The van der Waals surface area contributed by atoms with Gasteiger partial charge in [-0.25, -0.2) is 9.98 Å². The zero-order chi connectivity index (χ0) is 17.1. The predicted molar refractivity (Wildman–Crippen MR) is 113 cm³/mol. The highest BCUT2D eigenvalue weighted by atomic mass is 127. The Kier molecular flexibility index (Phi) is 6.49. The summed E-state index contributed by atoms with van der Waals surface area (Å²) in [6.45, 7) is 0.383. The number of nitrogens with two attached hydrogens (primary N) is 1. The number of aliphatic imine (C=N–C) groups is 1. The van der Waals surface area contributed by atoms with Crippen LogP contribution in [0.3, 0.4) is 0 Å². The minimum absolute atomic E-state index is 0. The number of fused-ring (bicyclic) bond motifs is 1. The summed E-state index contributed by atoms with van der Waals surface area (Å²) in [6, 6.07) is 13.3. The number of ether oxygens (including phenoxy) is 1. The number of aromatic nitrogens is 2. The highest BCUT2D eigenvalue weighted by molar-refractivity contribution is 14.0. The van der Waals surface area contributed by atoms with E-state index in [1.54, 1.807) is 19.2 Å². The number of rotatable bonds is 4. The molecule has 0 spiro atoms. The number of aryl methyl sites for hydroxylation is 1. The molecule has 0 atom stereocenters. The number of guanidine groups is 1. The number of nitrogens with one attached hydrogen (secondary N) is 1. The van der Waals surface area contributed by atoms with Gasteiger partial charge in [-0.15, -0.1) is 24.0 Å². The molecular weight excluding hydrogens is 453 g/mol. The molecule has 0 saturated carbocycles. The normalized spacial score (nSPS) is 11.2. The fourth-order valence-electron chi connectivity index (χ4n) is 2.42. The van der Waals surface area contributed by atoms with E-state index in [0.29, 0.717) is 23.3 Å². The zero-order valence-electron chi connectivity index (χ0n) is 13.9. The highest BCUT2D eigenvalue weighted by Crippen LogP contribution is 2.27. The summed E-state index contributed by atoms with van der Waals surface area (Å²) in [6.07, 6.45) is 0. The average molecular weight is 472 g/mol. The van der Waals surface area contributed by atoms with Crippen LogP contribution in [0.5, 0.6) is 5.75 Å². The Morgan fingerprint density at radius 1 is 1.32 bits per heavy atom. The van der Waals surface area contributed by atoms with Gasteiger partial charge >= 0.3 is 0 Å². The molecule has 3 N–H and O–H groups in total. The van der Waals surface area contributed by atoms with Crippen LogP contribution in [0.15, 0.2) is 47.5 Å². The van der Waals surface area contributed by atoms with Gasteiger partial charge in [0.25, 0.3) is 0 Å². The summed E-state index contributed by atoms with van der Waals surface area (Å²) >= 11 is 6.09. The fraction of sp³-hybridized carbons (Fsp3) is 0.176. The van der Waals surface area contributed by atoms with Crippen molar-refractivity contribution in [3.05, 3.63) is 53.3 Å². The van der Waals surface area contributed by atoms with Crippen molar-refractivity contribution in [2.45, 2.75) is 6.54 Å². The predicted octanol–water partition coefficient (Wildman–Crippen LogP) is 3.78. The van der Waals surface area contributed by atoms with Gasteiger partial charge in [0, 0.05) is 12.7 Å². The Hall–Kier alpha value is -2.00. The van der Waals surface area contributed by atoms with Crippen molar-refractivity contribution < 1.29 is 4.74 Å². The fourth-order valence-corrected chi connectivity index (χ4v) is 2.68. The number of anilines is 1. The van der Waals surface area contributed by atoms with Gasteiger partial charge in [0.15, 0.2) is 5.96 Å². The number of hydrogen-bond acceptors (Lipinski definition) is 3. The molecule has 25 heavy (non-hydrogen) atoms. The van der Waals surface area contributed by atoms with E-state index in [1.807, 2.05) is 41.9 Å². The van der Waals surface area contributed by atoms with Gasteiger partial charge in [-0.2, -0.15) is 0 Å². The first-order chi connectivity index (χ1) is 11.6. The largest absolute Gasteiger partial charge is 0.495 e. The van der Waals surface area contributed by atoms with Crippen LogP contribution < -0.4 is 15.8 Å². The molecule has 0 amide bonds. The van der Waals surface area contributed by atoms with Crippen molar-refractivity contribution >= 4 is 58.3 Å². The van der Waals surface area contributed by atoms with Crippen molar-refractivity contribution in [3.8, 4) is 5.75 Å². The Bertz CT molecular complexity index is 909. The minimum Gasteiger partial charge on any atom is -0.495 e. The molecule has 1 aromatic heterocycles. The van der Waals surface area contributed by atoms with E-state index in [1.165, 1.54) is 0 Å². The van der Waals surface area contributed by atoms with E-state index in [-0.39, 0.29) is 24.0 Å². The SMILES string of the molecule is COc1ccc(NC(N)=NCc2nc3ccccc3n2C)cc1Cl.I. The van der Waals surface area contributed by atoms with E-state index in [2.05, 4.69) is 15.3 Å². The summed E-state index contributed by atoms with van der Waals surface area (Å²) < 4.78 is 7.13. The number of imidazole rings is 1. The minimum atomic E-state index is 0. The lowest BCUT2D eigenvalue weighted by Gasteiger charge is -2.08. The lowest BCUT2D eigenvalue weighted by atomic mass is 10.3. The van der Waals surface area contributed by atoms with E-state index in [0.717, 1.165) is 22.5 Å². The molecule has 8 heteroatoms. The van der Waals surface area contributed by atoms with Gasteiger partial charge < -0.3 is 20.4 Å². The lowest BCUT2D eigenvalue weighted by Crippen LogP contribution is -2.22. The van der Waals surface area contributed by atoms with Crippen molar-refractivity contribution in [1.29, 1.82) is 0 Å². The molecule has 1 heterocycles. The van der Waals surface area contributed by atoms with Crippen LogP contribution in [0, 0.1) is 0 Å². The molecule has 3 rings (SSSR count). The van der Waals surface area contributed by atoms with Crippen molar-refractivity contribution in [1.82, 2.24) is 9.55 Å². The topological polar surface area (TPSA) is 77.5 Å². The number of para-hydroxylation sites is 2. The van der Waals surface area contributed by atoms with Crippen LogP contribution in [-0.2, 0) is 13.6 Å². The van der Waals surface area contributed by atoms with Crippen molar-refractivity contribution in [2.24, 2.45) is 17.8 Å². The number of methoxy groups -OCH3 is 1. The van der Waals surface area contributed by atoms with Gasteiger partial charge in [0.05, 0.1) is 23.2 Å². The Morgan fingerprint density at radius 2 is 2.08 bits per heavy atom. The smallest absolute Gasteiger partial charge is 0.193 e. The first-order valence-electron chi connectivity index (χ1n) is 7.39. The molecule has 0 fully saturated rings. The number of hydrogen-bond donors (Lipinski definition) is 2. The third-order valence-corrected chi connectivity index (χ3v) is 3.99. The van der Waals surface area contributed by atoms with Gasteiger partial charge in [0.1, 0.15) is 18.1 Å². The summed E-state index contributed by atoms with van der Waals surface area (Å²) in [5.41, 5.74) is 8.70. The van der Waals surface area contributed by atoms with Crippen LogP contribution in [0.2, 0.25) is 5.02 Å². The molecule has 0 bridgehead atoms. The number of halogens is 2. The molecule has 2 aromatic carbocycles. The van der Waals surface area contributed by atoms with E-state index in [4.69, 9.17) is 22.1 Å². The average Bonchev–Trinajstić information content (AvgIpc) is 2.90. The first kappa shape index (κ1) is 19.3. The monoisotopic (exact) mass is 471 g/mol. The van der Waals surface area contributed by atoms with Gasteiger partial charge in [0.2, 0.25) is 0 Å². The molecule has 0 unspecified atom stereocenters. The van der Waals surface area contributed by atoms with Crippen LogP contribution in [0.4, 0.5) is 5.69 Å². The molecule has 132 valence electrons. The lowest BCUT2D eigenvalue weighted by molar-refractivity contribution is 0.415. The van der Waals surface area contributed by atoms with Gasteiger partial charge in [-0.05, 0) is 30.3 Å². The summed E-state index contributed by atoms with van der Waals surface area (Å²) in [5, 5.41) is 3.51. The maximum absolute atomic E-state index is 6.09. The second-order valence-corrected chi connectivity index (χ2v) is 5.66. The zero-order valence-corrected chi connectivity index (χ0v) is 16.9. The quantitative estimate of drug-likeness (QED) is 0.345. The second kappa shape index (κ2) is 8.39. The maximum Gasteiger partial charge on any atom is 0.193 e. The summed E-state index contributed by atoms with van der Waals surface area (Å²) in [7, 11) is 3.54. The molecule has 0 saturated heterocycles. The Balaban J connectivity index is 0.00000225. The number of nitrogens with zero attached hydrogens (tertiary/aromatic N) is 3. The Labute approximate surface area is 168 Å². The Morgan fingerprint density at radius 3 is 2.76 bits per heavy atom. The van der Waals surface area contributed by atoms with Crippen LogP contribution >= 0.6 is 35.6 Å². The molecule has 3 aromatic rings. The number of benzene rings is 2. The molecule has 0 aliphatic carbocycles. The van der Waals surface area contributed by atoms with Crippen LogP contribution in [0.25, 0.3) is 11.0 Å². The second-order valence-electron chi connectivity index (χ2n) is 5.25.